The van der Waals surface area contributed by atoms with Gasteiger partial charge in [-0.15, -0.1) is 0 Å². The van der Waals surface area contributed by atoms with Gasteiger partial charge in [-0.3, -0.25) is 4.98 Å². The van der Waals surface area contributed by atoms with Crippen LogP contribution in [0.3, 0.4) is 0 Å². The van der Waals surface area contributed by atoms with Crippen molar-refractivity contribution >= 4 is 39.2 Å². The molecule has 1 aromatic carbocycles. The molecule has 110 valence electrons. The van der Waals surface area contributed by atoms with Gasteiger partial charge >= 0.3 is 5.97 Å². The van der Waals surface area contributed by atoms with Crippen LogP contribution >= 0.6 is 27.5 Å². The second kappa shape index (κ2) is 6.91. The summed E-state index contributed by atoms with van der Waals surface area (Å²) in [6.45, 7) is 1.89. The predicted octanol–water partition coefficient (Wildman–Crippen LogP) is 4.13. The Morgan fingerprint density at radius 3 is 2.71 bits per heavy atom. The number of esters is 1. The Hall–Kier alpha value is -1.59. The van der Waals surface area contributed by atoms with Crippen LogP contribution in [-0.4, -0.2) is 18.1 Å². The van der Waals surface area contributed by atoms with Crippen molar-refractivity contribution in [2.45, 2.75) is 13.0 Å². The summed E-state index contributed by atoms with van der Waals surface area (Å²) in [6.07, 6.45) is 1.66. The van der Waals surface area contributed by atoms with Gasteiger partial charge in [0.15, 0.2) is 6.04 Å². The lowest BCUT2D eigenvalue weighted by atomic mass is 10.1. The smallest absolute Gasteiger partial charge is 0.333 e. The quantitative estimate of drug-likeness (QED) is 0.823. The molecule has 1 aromatic heterocycles. The van der Waals surface area contributed by atoms with E-state index in [1.54, 1.807) is 24.4 Å². The lowest BCUT2D eigenvalue weighted by Gasteiger charge is -2.18. The first-order valence-electron chi connectivity index (χ1n) is 6.23. The first kappa shape index (κ1) is 15.8. The molecule has 4 nitrogen and oxygen atoms in total. The summed E-state index contributed by atoms with van der Waals surface area (Å²) in [5.41, 5.74) is 2.37. The minimum absolute atomic E-state index is 0.383. The summed E-state index contributed by atoms with van der Waals surface area (Å²) in [7, 11) is 1.36. The molecule has 0 fully saturated rings. The van der Waals surface area contributed by atoms with Crippen LogP contribution in [0.2, 0.25) is 5.02 Å². The van der Waals surface area contributed by atoms with Crippen LogP contribution in [-0.2, 0) is 9.53 Å². The fourth-order valence-electron chi connectivity index (χ4n) is 1.80. The molecule has 0 aliphatic rings. The molecule has 0 aliphatic heterocycles. The number of aromatic nitrogens is 1. The van der Waals surface area contributed by atoms with Crippen molar-refractivity contribution in [3.8, 4) is 0 Å². The molecule has 1 unspecified atom stereocenters. The van der Waals surface area contributed by atoms with E-state index < -0.39 is 6.04 Å². The molecule has 21 heavy (non-hydrogen) atoms. The van der Waals surface area contributed by atoms with E-state index >= 15 is 0 Å². The number of anilines is 1. The monoisotopic (exact) mass is 368 g/mol. The van der Waals surface area contributed by atoms with E-state index in [1.165, 1.54) is 7.11 Å². The van der Waals surface area contributed by atoms with E-state index in [4.69, 9.17) is 16.3 Å². The molecule has 0 bridgehead atoms. The highest BCUT2D eigenvalue weighted by Crippen LogP contribution is 2.28. The Labute approximate surface area is 136 Å². The number of carbonyl (C=O) groups excluding carboxylic acids is 1. The highest BCUT2D eigenvalue weighted by atomic mass is 79.9. The van der Waals surface area contributed by atoms with E-state index in [0.29, 0.717) is 5.02 Å². The van der Waals surface area contributed by atoms with Crippen LogP contribution in [0.25, 0.3) is 0 Å². The van der Waals surface area contributed by atoms with Crippen LogP contribution in [0.4, 0.5) is 5.69 Å². The summed E-state index contributed by atoms with van der Waals surface area (Å²) < 4.78 is 5.61. The van der Waals surface area contributed by atoms with Crippen molar-refractivity contribution in [3.63, 3.8) is 0 Å². The maximum atomic E-state index is 12.0. The van der Waals surface area contributed by atoms with Gasteiger partial charge in [0.2, 0.25) is 0 Å². The number of carbonyl (C=O) groups is 1. The predicted molar refractivity (Wildman–Crippen MR) is 86.5 cm³/mol. The molecule has 0 saturated heterocycles. The average molecular weight is 370 g/mol. The standard InChI is InChI=1S/C15H14BrClN2O2/c1-9-3-4-10(8-18-9)14(15(20)21-2)19-11-5-6-13(17)12(16)7-11/h3-8,14,19H,1-2H3. The number of methoxy groups -OCH3 is 1. The van der Waals surface area contributed by atoms with Crippen LogP contribution in [0.1, 0.15) is 17.3 Å². The Kier molecular flexibility index (Phi) is 5.20. The third-order valence-corrected chi connectivity index (χ3v) is 4.15. The lowest BCUT2D eigenvalue weighted by Crippen LogP contribution is -2.22. The number of nitrogens with one attached hydrogen (secondary N) is 1. The molecule has 0 saturated carbocycles. The molecule has 0 spiro atoms. The summed E-state index contributed by atoms with van der Waals surface area (Å²) in [4.78, 5) is 16.2. The van der Waals surface area contributed by atoms with Crippen molar-refractivity contribution in [2.24, 2.45) is 0 Å². The summed E-state index contributed by atoms with van der Waals surface area (Å²) in [5, 5.41) is 3.73. The van der Waals surface area contributed by atoms with E-state index in [9.17, 15) is 4.79 Å². The molecule has 2 aromatic rings. The average Bonchev–Trinajstić information content (AvgIpc) is 2.48. The van der Waals surface area contributed by atoms with Gasteiger partial charge in [-0.2, -0.15) is 0 Å². The van der Waals surface area contributed by atoms with Gasteiger partial charge in [0.05, 0.1) is 12.1 Å². The number of aryl methyl sites for hydroxylation is 1. The maximum absolute atomic E-state index is 12.0. The van der Waals surface area contributed by atoms with Gasteiger partial charge < -0.3 is 10.1 Å². The van der Waals surface area contributed by atoms with Crippen molar-refractivity contribution in [2.75, 3.05) is 12.4 Å². The maximum Gasteiger partial charge on any atom is 0.333 e. The first-order valence-corrected chi connectivity index (χ1v) is 7.40. The Morgan fingerprint density at radius 2 is 2.14 bits per heavy atom. The number of hydrogen-bond acceptors (Lipinski definition) is 4. The Morgan fingerprint density at radius 1 is 1.38 bits per heavy atom. The number of pyridine rings is 1. The third kappa shape index (κ3) is 3.95. The minimum Gasteiger partial charge on any atom is -0.467 e. The minimum atomic E-state index is -0.629. The van der Waals surface area contributed by atoms with E-state index in [-0.39, 0.29) is 5.97 Å². The summed E-state index contributed by atoms with van der Waals surface area (Å²) in [6, 6.07) is 8.42. The van der Waals surface area contributed by atoms with Crippen LogP contribution in [0, 0.1) is 6.92 Å². The fourth-order valence-corrected chi connectivity index (χ4v) is 2.30. The van der Waals surface area contributed by atoms with E-state index in [1.807, 2.05) is 19.1 Å². The first-order chi connectivity index (χ1) is 10.0. The number of nitrogens with zero attached hydrogens (tertiary/aromatic N) is 1. The Balaban J connectivity index is 2.30. The third-order valence-electron chi connectivity index (χ3n) is 2.94. The molecule has 2 rings (SSSR count). The Bertz CT molecular complexity index is 647. The lowest BCUT2D eigenvalue weighted by molar-refractivity contribution is -0.141. The van der Waals surface area contributed by atoms with Gasteiger partial charge in [0, 0.05) is 27.6 Å². The number of rotatable bonds is 4. The number of halogens is 2. The SMILES string of the molecule is COC(=O)C(Nc1ccc(Cl)c(Br)c1)c1ccc(C)nc1. The second-order valence-corrected chi connectivity index (χ2v) is 5.72. The molecule has 0 aliphatic carbocycles. The van der Waals surface area contributed by atoms with Crippen LogP contribution < -0.4 is 5.32 Å². The highest BCUT2D eigenvalue weighted by molar-refractivity contribution is 9.10. The molecule has 6 heteroatoms. The van der Waals surface area contributed by atoms with E-state index in [0.717, 1.165) is 21.4 Å². The molecule has 1 heterocycles. The molecule has 0 amide bonds. The summed E-state index contributed by atoms with van der Waals surface area (Å²) >= 11 is 9.32. The van der Waals surface area contributed by atoms with E-state index in [2.05, 4.69) is 26.2 Å². The van der Waals surface area contributed by atoms with Gasteiger partial charge in [-0.1, -0.05) is 17.7 Å². The number of benzene rings is 1. The van der Waals surface area contributed by atoms with Gasteiger partial charge in [-0.05, 0) is 47.1 Å². The number of hydrogen-bond donors (Lipinski definition) is 1. The molecule has 1 N–H and O–H groups in total. The largest absolute Gasteiger partial charge is 0.467 e. The van der Waals surface area contributed by atoms with Crippen molar-refractivity contribution in [1.82, 2.24) is 4.98 Å². The zero-order chi connectivity index (χ0) is 15.4. The van der Waals surface area contributed by atoms with Crippen LogP contribution in [0.15, 0.2) is 41.0 Å². The van der Waals surface area contributed by atoms with Gasteiger partial charge in [-0.25, -0.2) is 4.79 Å². The van der Waals surface area contributed by atoms with Gasteiger partial charge in [0.1, 0.15) is 0 Å². The molecular weight excluding hydrogens is 356 g/mol. The number of ether oxygens (including phenoxy) is 1. The van der Waals surface area contributed by atoms with Crippen molar-refractivity contribution < 1.29 is 9.53 Å². The summed E-state index contributed by atoms with van der Waals surface area (Å²) in [5.74, 6) is -0.383. The molecule has 0 radical (unpaired) electrons. The highest BCUT2D eigenvalue weighted by Gasteiger charge is 2.21. The topological polar surface area (TPSA) is 51.2 Å². The second-order valence-electron chi connectivity index (χ2n) is 4.46. The normalized spacial score (nSPS) is 11.8. The molecular formula is C15H14BrClN2O2. The van der Waals surface area contributed by atoms with Crippen molar-refractivity contribution in [3.05, 3.63) is 57.3 Å². The van der Waals surface area contributed by atoms with Gasteiger partial charge in [0.25, 0.3) is 0 Å². The van der Waals surface area contributed by atoms with Crippen molar-refractivity contribution in [1.29, 1.82) is 0 Å². The zero-order valence-corrected chi connectivity index (χ0v) is 13.9. The zero-order valence-electron chi connectivity index (χ0n) is 11.6. The van der Waals surface area contributed by atoms with Crippen LogP contribution in [0.5, 0.6) is 0 Å². The molecule has 1 atom stereocenters. The fraction of sp³-hybridized carbons (Fsp3) is 0.200.